The summed E-state index contributed by atoms with van der Waals surface area (Å²) in [7, 11) is 0. The summed E-state index contributed by atoms with van der Waals surface area (Å²) in [6.45, 7) is 5.97. The summed E-state index contributed by atoms with van der Waals surface area (Å²) in [5, 5.41) is 0. The summed E-state index contributed by atoms with van der Waals surface area (Å²) < 4.78 is 0. The first-order chi connectivity index (χ1) is 8.88. The third-order valence-corrected chi connectivity index (χ3v) is 3.32. The molecule has 1 heterocycles. The van der Waals surface area contributed by atoms with Gasteiger partial charge >= 0.3 is 0 Å². The van der Waals surface area contributed by atoms with E-state index in [-0.39, 0.29) is 0 Å². The van der Waals surface area contributed by atoms with Gasteiger partial charge in [-0.3, -0.25) is 4.99 Å². The van der Waals surface area contributed by atoms with Gasteiger partial charge in [-0.15, -0.1) is 0 Å². The zero-order chi connectivity index (χ0) is 13.1. The molecule has 0 spiro atoms. The lowest BCUT2D eigenvalue weighted by Crippen LogP contribution is -2.32. The van der Waals surface area contributed by atoms with E-state index in [0.717, 1.165) is 32.6 Å². The summed E-state index contributed by atoms with van der Waals surface area (Å²) in [6.07, 6.45) is 13.4. The van der Waals surface area contributed by atoms with E-state index >= 15 is 0 Å². The minimum Gasteiger partial charge on any atom is -0.357 e. The molecule has 0 aliphatic carbocycles. The van der Waals surface area contributed by atoms with Crippen LogP contribution in [0.4, 0.5) is 0 Å². The van der Waals surface area contributed by atoms with Crippen LogP contribution in [0.2, 0.25) is 0 Å². The van der Waals surface area contributed by atoms with Crippen molar-refractivity contribution in [2.24, 2.45) is 10.7 Å². The van der Waals surface area contributed by atoms with Crippen molar-refractivity contribution in [2.45, 2.75) is 51.9 Å². The summed E-state index contributed by atoms with van der Waals surface area (Å²) >= 11 is 0. The van der Waals surface area contributed by atoms with Crippen molar-refractivity contribution in [3.05, 3.63) is 12.2 Å². The molecule has 3 heteroatoms. The Hall–Kier alpha value is -0.830. The van der Waals surface area contributed by atoms with Gasteiger partial charge in [-0.25, -0.2) is 0 Å². The highest BCUT2D eigenvalue weighted by molar-refractivity contribution is 5.83. The second-order valence-electron chi connectivity index (χ2n) is 4.93. The lowest BCUT2D eigenvalue weighted by atomic mass is 10.1. The van der Waals surface area contributed by atoms with E-state index in [4.69, 9.17) is 5.73 Å². The molecule has 0 aromatic heterocycles. The van der Waals surface area contributed by atoms with Gasteiger partial charge in [0.2, 0.25) is 0 Å². The molecule has 0 fully saturated rings. The molecule has 0 saturated carbocycles. The van der Waals surface area contributed by atoms with Crippen LogP contribution in [-0.4, -0.2) is 36.9 Å². The van der Waals surface area contributed by atoms with Crippen molar-refractivity contribution < 1.29 is 0 Å². The predicted octanol–water partition coefficient (Wildman–Crippen LogP) is 2.97. The van der Waals surface area contributed by atoms with Crippen molar-refractivity contribution in [2.75, 3.05) is 26.2 Å². The first kappa shape index (κ1) is 15.2. The molecule has 0 aromatic rings. The van der Waals surface area contributed by atoms with E-state index in [2.05, 4.69) is 29.0 Å². The molecule has 18 heavy (non-hydrogen) atoms. The van der Waals surface area contributed by atoms with E-state index < -0.39 is 0 Å². The topological polar surface area (TPSA) is 41.6 Å². The molecular weight excluding hydrogens is 222 g/mol. The van der Waals surface area contributed by atoms with Gasteiger partial charge in [0.1, 0.15) is 0 Å². The predicted molar refractivity (Wildman–Crippen MR) is 80.1 cm³/mol. The smallest absolute Gasteiger partial charge is 0.0990 e. The van der Waals surface area contributed by atoms with Crippen LogP contribution < -0.4 is 5.73 Å². The van der Waals surface area contributed by atoms with Crippen molar-refractivity contribution in [3.8, 4) is 0 Å². The van der Waals surface area contributed by atoms with Gasteiger partial charge in [-0.05, 0) is 25.7 Å². The van der Waals surface area contributed by atoms with Gasteiger partial charge in [0.05, 0.1) is 12.4 Å². The Balaban J connectivity index is 2.00. The Morgan fingerprint density at radius 2 is 2.06 bits per heavy atom. The standard InChI is InChI=1S/C15H29N3/c1-2-3-4-5-6-7-8-9-10-15-17-12-14-18(15)13-11-16/h4-5H,2-3,6-14,16H2,1H3/b5-4+. The number of unbranched alkanes of at least 4 members (excludes halogenated alkanes) is 4. The maximum atomic E-state index is 5.60. The third-order valence-electron chi connectivity index (χ3n) is 3.32. The molecule has 2 N–H and O–H groups in total. The van der Waals surface area contributed by atoms with Gasteiger partial charge in [0, 0.05) is 26.1 Å². The number of nitrogens with zero attached hydrogens (tertiary/aromatic N) is 2. The first-order valence-corrected chi connectivity index (χ1v) is 7.51. The highest BCUT2D eigenvalue weighted by Gasteiger charge is 2.14. The Bertz CT molecular complexity index is 258. The highest BCUT2D eigenvalue weighted by atomic mass is 15.2. The third kappa shape index (κ3) is 6.20. The number of rotatable bonds is 10. The van der Waals surface area contributed by atoms with Crippen molar-refractivity contribution in [1.82, 2.24) is 4.90 Å². The quantitative estimate of drug-likeness (QED) is 0.479. The first-order valence-electron chi connectivity index (χ1n) is 7.51. The molecule has 0 radical (unpaired) electrons. The van der Waals surface area contributed by atoms with Crippen LogP contribution in [0.5, 0.6) is 0 Å². The largest absolute Gasteiger partial charge is 0.357 e. The van der Waals surface area contributed by atoms with Gasteiger partial charge in [-0.1, -0.05) is 31.9 Å². The monoisotopic (exact) mass is 251 g/mol. The number of aliphatic imine (C=N–C) groups is 1. The van der Waals surface area contributed by atoms with Crippen molar-refractivity contribution >= 4 is 5.84 Å². The Morgan fingerprint density at radius 1 is 1.22 bits per heavy atom. The van der Waals surface area contributed by atoms with Crippen LogP contribution >= 0.6 is 0 Å². The Labute approximate surface area is 112 Å². The molecular formula is C15H29N3. The SMILES string of the molecule is CCC/C=C/CCCCCC1=NCCN1CCN. The fourth-order valence-electron chi connectivity index (χ4n) is 2.29. The van der Waals surface area contributed by atoms with E-state index in [1.165, 1.54) is 44.4 Å². The van der Waals surface area contributed by atoms with Gasteiger partial charge in [-0.2, -0.15) is 0 Å². The fraction of sp³-hybridized carbons (Fsp3) is 0.800. The normalized spacial score (nSPS) is 15.7. The number of nitrogens with two attached hydrogens (primary N) is 1. The summed E-state index contributed by atoms with van der Waals surface area (Å²) in [6, 6.07) is 0. The second kappa shape index (κ2) is 10.1. The minimum atomic E-state index is 0.737. The maximum Gasteiger partial charge on any atom is 0.0990 e. The van der Waals surface area contributed by atoms with Crippen LogP contribution in [0.3, 0.4) is 0 Å². The molecule has 0 atom stereocenters. The molecule has 0 amide bonds. The average Bonchev–Trinajstić information content (AvgIpc) is 2.81. The van der Waals surface area contributed by atoms with Gasteiger partial charge in [0.25, 0.3) is 0 Å². The van der Waals surface area contributed by atoms with Crippen LogP contribution in [0, 0.1) is 0 Å². The molecule has 1 aliphatic heterocycles. The highest BCUT2D eigenvalue weighted by Crippen LogP contribution is 2.10. The van der Waals surface area contributed by atoms with E-state index in [1.807, 2.05) is 0 Å². The summed E-state index contributed by atoms with van der Waals surface area (Å²) in [4.78, 5) is 6.92. The zero-order valence-corrected chi connectivity index (χ0v) is 11.9. The van der Waals surface area contributed by atoms with Crippen LogP contribution in [-0.2, 0) is 0 Å². The molecule has 1 aliphatic rings. The molecule has 104 valence electrons. The molecule has 3 nitrogen and oxygen atoms in total. The Kier molecular flexibility index (Phi) is 8.57. The zero-order valence-electron chi connectivity index (χ0n) is 11.9. The number of amidine groups is 1. The fourth-order valence-corrected chi connectivity index (χ4v) is 2.29. The molecule has 0 aromatic carbocycles. The number of hydrogen-bond acceptors (Lipinski definition) is 3. The maximum absolute atomic E-state index is 5.60. The van der Waals surface area contributed by atoms with Crippen molar-refractivity contribution in [3.63, 3.8) is 0 Å². The van der Waals surface area contributed by atoms with Crippen LogP contribution in [0.15, 0.2) is 17.1 Å². The van der Waals surface area contributed by atoms with Gasteiger partial charge in [0.15, 0.2) is 0 Å². The molecule has 0 bridgehead atoms. The molecule has 0 saturated heterocycles. The molecule has 0 unspecified atom stereocenters. The van der Waals surface area contributed by atoms with Crippen LogP contribution in [0.1, 0.15) is 51.9 Å². The lowest BCUT2D eigenvalue weighted by Gasteiger charge is -2.19. The number of hydrogen-bond donors (Lipinski definition) is 1. The Morgan fingerprint density at radius 3 is 2.83 bits per heavy atom. The van der Waals surface area contributed by atoms with E-state index in [1.54, 1.807) is 0 Å². The second-order valence-corrected chi connectivity index (χ2v) is 4.93. The lowest BCUT2D eigenvalue weighted by molar-refractivity contribution is 0.456. The van der Waals surface area contributed by atoms with Crippen LogP contribution in [0.25, 0.3) is 0 Å². The van der Waals surface area contributed by atoms with E-state index in [0.29, 0.717) is 0 Å². The van der Waals surface area contributed by atoms with Crippen molar-refractivity contribution in [1.29, 1.82) is 0 Å². The minimum absolute atomic E-state index is 0.737. The van der Waals surface area contributed by atoms with E-state index in [9.17, 15) is 0 Å². The number of allylic oxidation sites excluding steroid dienone is 2. The molecule has 1 rings (SSSR count). The van der Waals surface area contributed by atoms with Gasteiger partial charge < -0.3 is 10.6 Å². The average molecular weight is 251 g/mol. The summed E-state index contributed by atoms with van der Waals surface area (Å²) in [5.74, 6) is 1.29. The summed E-state index contributed by atoms with van der Waals surface area (Å²) in [5.41, 5.74) is 5.60.